The van der Waals surface area contributed by atoms with E-state index in [-0.39, 0.29) is 11.6 Å². The number of nitrogens with zero attached hydrogens (tertiary/aromatic N) is 1. The van der Waals surface area contributed by atoms with Crippen molar-refractivity contribution in [1.29, 1.82) is 0 Å². The second kappa shape index (κ2) is 4.67. The molecule has 4 heteroatoms. The van der Waals surface area contributed by atoms with Gasteiger partial charge in [-0.2, -0.15) is 0 Å². The summed E-state index contributed by atoms with van der Waals surface area (Å²) in [5, 5.41) is 0. The number of nitrogen functional groups attached to an aromatic ring is 1. The highest BCUT2D eigenvalue weighted by Gasteiger charge is 2.15. The van der Waals surface area contributed by atoms with Crippen molar-refractivity contribution in [2.75, 3.05) is 5.73 Å². The minimum atomic E-state index is -0.119. The van der Waals surface area contributed by atoms with Crippen molar-refractivity contribution < 1.29 is 4.79 Å². The highest BCUT2D eigenvalue weighted by Crippen LogP contribution is 2.22. The van der Waals surface area contributed by atoms with E-state index < -0.39 is 0 Å². The molecule has 3 nitrogen and oxygen atoms in total. The lowest BCUT2D eigenvalue weighted by atomic mass is 10.0. The van der Waals surface area contributed by atoms with Crippen molar-refractivity contribution in [1.82, 2.24) is 4.98 Å². The number of hydrogen-bond donors (Lipinski definition) is 1. The summed E-state index contributed by atoms with van der Waals surface area (Å²) in [6.07, 6.45) is 1.64. The van der Waals surface area contributed by atoms with Gasteiger partial charge < -0.3 is 5.73 Å². The molecular weight excluding hydrogens is 280 g/mol. The zero-order valence-electron chi connectivity index (χ0n) is 9.27. The molecule has 1 aromatic carbocycles. The Morgan fingerprint density at radius 3 is 2.71 bits per heavy atom. The summed E-state index contributed by atoms with van der Waals surface area (Å²) in [6, 6.07) is 9.01. The normalized spacial score (nSPS) is 10.2. The predicted octanol–water partition coefficient (Wildman–Crippen LogP) is 2.97. The van der Waals surface area contributed by atoms with Crippen LogP contribution in [-0.2, 0) is 0 Å². The third-order valence-electron chi connectivity index (χ3n) is 2.42. The lowest BCUT2D eigenvalue weighted by Gasteiger charge is -2.06. The summed E-state index contributed by atoms with van der Waals surface area (Å²) in [7, 11) is 0. The van der Waals surface area contributed by atoms with Crippen LogP contribution in [0.25, 0.3) is 0 Å². The fourth-order valence-electron chi connectivity index (χ4n) is 1.55. The molecular formula is C13H11BrN2O. The zero-order valence-corrected chi connectivity index (χ0v) is 10.9. The Morgan fingerprint density at radius 1 is 1.29 bits per heavy atom. The second-order valence-corrected chi connectivity index (χ2v) is 4.61. The van der Waals surface area contributed by atoms with E-state index >= 15 is 0 Å². The number of hydrogen-bond acceptors (Lipinski definition) is 3. The van der Waals surface area contributed by atoms with Gasteiger partial charge in [0.15, 0.2) is 5.78 Å². The number of pyridine rings is 1. The van der Waals surface area contributed by atoms with Crippen LogP contribution in [0.2, 0.25) is 0 Å². The van der Waals surface area contributed by atoms with Crippen LogP contribution in [-0.4, -0.2) is 10.8 Å². The maximum absolute atomic E-state index is 12.3. The van der Waals surface area contributed by atoms with Crippen LogP contribution in [0.3, 0.4) is 0 Å². The molecule has 0 aliphatic rings. The smallest absolute Gasteiger partial charge is 0.197 e. The van der Waals surface area contributed by atoms with E-state index in [2.05, 4.69) is 20.9 Å². The van der Waals surface area contributed by atoms with E-state index in [1.165, 1.54) is 0 Å². The van der Waals surface area contributed by atoms with Crippen molar-refractivity contribution in [2.45, 2.75) is 6.92 Å². The molecule has 2 N–H and O–H groups in total. The molecule has 0 unspecified atom stereocenters. The van der Waals surface area contributed by atoms with Gasteiger partial charge in [-0.25, -0.2) is 4.98 Å². The third kappa shape index (κ3) is 2.36. The number of rotatable bonds is 2. The third-order valence-corrected chi connectivity index (χ3v) is 3.11. The molecule has 0 spiro atoms. The molecule has 86 valence electrons. The maximum Gasteiger partial charge on any atom is 0.197 e. The van der Waals surface area contributed by atoms with Gasteiger partial charge in [-0.1, -0.05) is 28.1 Å². The van der Waals surface area contributed by atoms with Crippen LogP contribution in [0, 0.1) is 6.92 Å². The van der Waals surface area contributed by atoms with Gasteiger partial charge in [0.1, 0.15) is 5.82 Å². The first kappa shape index (κ1) is 11.8. The number of carbonyl (C=O) groups excluding carboxylic acids is 1. The standard InChI is InChI=1S/C13H11BrN2O/c1-8-6-10(13(15)16-7-8)12(17)9-4-2-3-5-11(9)14/h2-7H,1H3,(H2,15,16). The first-order valence-electron chi connectivity index (χ1n) is 5.11. The van der Waals surface area contributed by atoms with E-state index in [0.717, 1.165) is 10.0 Å². The van der Waals surface area contributed by atoms with E-state index in [9.17, 15) is 4.79 Å². The van der Waals surface area contributed by atoms with Gasteiger partial charge in [0.2, 0.25) is 0 Å². The van der Waals surface area contributed by atoms with Crippen molar-refractivity contribution in [2.24, 2.45) is 0 Å². The minimum absolute atomic E-state index is 0.119. The summed E-state index contributed by atoms with van der Waals surface area (Å²) in [5.41, 5.74) is 7.67. The molecule has 1 aromatic heterocycles. The fraction of sp³-hybridized carbons (Fsp3) is 0.0769. The molecule has 0 radical (unpaired) electrons. The second-order valence-electron chi connectivity index (χ2n) is 3.75. The summed E-state index contributed by atoms with van der Waals surface area (Å²) < 4.78 is 0.755. The average molecular weight is 291 g/mol. The van der Waals surface area contributed by atoms with E-state index in [0.29, 0.717) is 11.1 Å². The van der Waals surface area contributed by atoms with Gasteiger partial charge in [-0.05, 0) is 30.7 Å². The largest absolute Gasteiger partial charge is 0.383 e. The number of carbonyl (C=O) groups is 1. The number of ketones is 1. The van der Waals surface area contributed by atoms with E-state index in [1.807, 2.05) is 25.1 Å². The molecule has 0 saturated heterocycles. The van der Waals surface area contributed by atoms with Gasteiger partial charge >= 0.3 is 0 Å². The van der Waals surface area contributed by atoms with E-state index in [1.54, 1.807) is 18.3 Å². The van der Waals surface area contributed by atoms with Gasteiger partial charge in [0.25, 0.3) is 0 Å². The fourth-order valence-corrected chi connectivity index (χ4v) is 2.02. The SMILES string of the molecule is Cc1cnc(N)c(C(=O)c2ccccc2Br)c1. The number of anilines is 1. The Balaban J connectivity index is 2.51. The van der Waals surface area contributed by atoms with Crippen molar-refractivity contribution >= 4 is 27.5 Å². The van der Waals surface area contributed by atoms with Crippen molar-refractivity contribution in [3.63, 3.8) is 0 Å². The Hall–Kier alpha value is -1.68. The molecule has 0 atom stereocenters. The first-order chi connectivity index (χ1) is 8.09. The number of aryl methyl sites for hydroxylation is 1. The zero-order chi connectivity index (χ0) is 12.4. The molecule has 0 bridgehead atoms. The molecule has 0 fully saturated rings. The highest BCUT2D eigenvalue weighted by atomic mass is 79.9. The maximum atomic E-state index is 12.3. The molecule has 0 aliphatic heterocycles. The lowest BCUT2D eigenvalue weighted by Crippen LogP contribution is -2.08. The van der Waals surface area contributed by atoms with Gasteiger partial charge in [0, 0.05) is 16.2 Å². The molecule has 0 aliphatic carbocycles. The highest BCUT2D eigenvalue weighted by molar-refractivity contribution is 9.10. The quantitative estimate of drug-likeness (QED) is 0.865. The Morgan fingerprint density at radius 2 is 2.00 bits per heavy atom. The van der Waals surface area contributed by atoms with Gasteiger partial charge in [0.05, 0.1) is 5.56 Å². The monoisotopic (exact) mass is 290 g/mol. The summed E-state index contributed by atoms with van der Waals surface area (Å²) in [4.78, 5) is 16.3. The molecule has 0 amide bonds. The Bertz CT molecular complexity index is 581. The molecule has 2 rings (SSSR count). The minimum Gasteiger partial charge on any atom is -0.383 e. The predicted molar refractivity (Wildman–Crippen MR) is 71.0 cm³/mol. The summed E-state index contributed by atoms with van der Waals surface area (Å²) in [5.74, 6) is 0.141. The first-order valence-corrected chi connectivity index (χ1v) is 5.90. The van der Waals surface area contributed by atoms with Crippen LogP contribution in [0.5, 0.6) is 0 Å². The topological polar surface area (TPSA) is 56.0 Å². The van der Waals surface area contributed by atoms with Crippen molar-refractivity contribution in [3.8, 4) is 0 Å². The van der Waals surface area contributed by atoms with Crippen LogP contribution >= 0.6 is 15.9 Å². The average Bonchev–Trinajstić information content (AvgIpc) is 2.32. The molecule has 17 heavy (non-hydrogen) atoms. The lowest BCUT2D eigenvalue weighted by molar-refractivity contribution is 0.103. The summed E-state index contributed by atoms with van der Waals surface area (Å²) >= 11 is 3.36. The van der Waals surface area contributed by atoms with Crippen LogP contribution in [0.1, 0.15) is 21.5 Å². The number of aromatic nitrogens is 1. The Kier molecular flexibility index (Phi) is 3.24. The number of nitrogens with two attached hydrogens (primary N) is 1. The van der Waals surface area contributed by atoms with Crippen LogP contribution < -0.4 is 5.73 Å². The number of halogens is 1. The molecule has 2 aromatic rings. The van der Waals surface area contributed by atoms with Crippen LogP contribution in [0.15, 0.2) is 41.0 Å². The summed E-state index contributed by atoms with van der Waals surface area (Å²) in [6.45, 7) is 1.88. The van der Waals surface area contributed by atoms with E-state index in [4.69, 9.17) is 5.73 Å². The van der Waals surface area contributed by atoms with Crippen LogP contribution in [0.4, 0.5) is 5.82 Å². The molecule has 0 saturated carbocycles. The number of benzene rings is 1. The van der Waals surface area contributed by atoms with Gasteiger partial charge in [-0.3, -0.25) is 4.79 Å². The Labute approximate surface area is 108 Å². The van der Waals surface area contributed by atoms with Gasteiger partial charge in [-0.15, -0.1) is 0 Å². The van der Waals surface area contributed by atoms with Crippen molar-refractivity contribution in [3.05, 3.63) is 57.7 Å². The molecule has 1 heterocycles.